The lowest BCUT2D eigenvalue weighted by Gasteiger charge is -2.21. The van der Waals surface area contributed by atoms with Gasteiger partial charge in [0.05, 0.1) is 16.7 Å². The van der Waals surface area contributed by atoms with E-state index in [9.17, 15) is 0 Å². The predicted octanol–water partition coefficient (Wildman–Crippen LogP) is 13.9. The monoisotopic (exact) mass is 785 g/mol. The van der Waals surface area contributed by atoms with Crippen molar-refractivity contribution in [2.45, 2.75) is 9.79 Å². The fraction of sp³-hybridized carbons (Fsp3) is 0. The molecule has 6 nitrogen and oxygen atoms in total. The van der Waals surface area contributed by atoms with Gasteiger partial charge in [-0.2, -0.15) is 0 Å². The molecule has 0 radical (unpaired) electrons. The average Bonchev–Trinajstić information content (AvgIpc) is 3.97. The molecule has 280 valence electrons. The molecule has 0 amide bonds. The second-order valence-corrected chi connectivity index (χ2v) is 16.3. The fourth-order valence-electron chi connectivity index (χ4n) is 9.02. The van der Waals surface area contributed by atoms with E-state index >= 15 is 0 Å². The average molecular weight is 786 g/mol. The van der Waals surface area contributed by atoms with Crippen molar-refractivity contribution in [3.63, 3.8) is 0 Å². The molecule has 1 aliphatic rings. The lowest BCUT2D eigenvalue weighted by atomic mass is 10.0. The SMILES string of the molecule is c1ccc(-c2nc(-c3ccc(-c4ccc5c6c7cccc8c7n(c6n(-c6ccccc6)c5c4)-c4ccccc4S8)cc3)nc(-c3ccc4oc5ccccc5c4c3)n2)cc1. The summed E-state index contributed by atoms with van der Waals surface area (Å²) < 4.78 is 11.1. The van der Waals surface area contributed by atoms with Crippen molar-refractivity contribution in [1.29, 1.82) is 0 Å². The third-order valence-electron chi connectivity index (χ3n) is 11.8. The van der Waals surface area contributed by atoms with Gasteiger partial charge in [-0.05, 0) is 71.8 Å². The minimum Gasteiger partial charge on any atom is -0.456 e. The van der Waals surface area contributed by atoms with Gasteiger partial charge < -0.3 is 4.42 Å². The second kappa shape index (κ2) is 12.9. The van der Waals surface area contributed by atoms with E-state index in [0.29, 0.717) is 17.5 Å². The summed E-state index contributed by atoms with van der Waals surface area (Å²) in [5.74, 6) is 1.85. The maximum atomic E-state index is 6.13. The predicted molar refractivity (Wildman–Crippen MR) is 244 cm³/mol. The molecule has 0 aliphatic carbocycles. The molecule has 8 aromatic carbocycles. The van der Waals surface area contributed by atoms with Crippen LogP contribution >= 0.6 is 11.8 Å². The number of nitrogens with zero attached hydrogens (tertiary/aromatic N) is 5. The van der Waals surface area contributed by atoms with Gasteiger partial charge in [-0.15, -0.1) is 0 Å². The third kappa shape index (κ3) is 4.99. The number of aromatic nitrogens is 5. The zero-order valence-electron chi connectivity index (χ0n) is 32.0. The first-order chi connectivity index (χ1) is 29.7. The van der Waals surface area contributed by atoms with E-state index < -0.39 is 0 Å². The Morgan fingerprint density at radius 2 is 1.02 bits per heavy atom. The molecular formula is C53H31N5OS. The van der Waals surface area contributed by atoms with E-state index in [4.69, 9.17) is 19.4 Å². The molecule has 5 heterocycles. The normalized spacial score (nSPS) is 12.3. The van der Waals surface area contributed by atoms with E-state index in [0.717, 1.165) is 61.0 Å². The van der Waals surface area contributed by atoms with Gasteiger partial charge in [-0.3, -0.25) is 9.13 Å². The summed E-state index contributed by atoms with van der Waals surface area (Å²) in [7, 11) is 0. The van der Waals surface area contributed by atoms with Crippen LogP contribution in [0.2, 0.25) is 0 Å². The summed E-state index contributed by atoms with van der Waals surface area (Å²) in [5, 5.41) is 5.87. The Hall–Kier alpha value is -7.74. The lowest BCUT2D eigenvalue weighted by molar-refractivity contribution is 0.669. The molecule has 4 aromatic heterocycles. The zero-order chi connectivity index (χ0) is 39.3. The van der Waals surface area contributed by atoms with Crippen molar-refractivity contribution in [2.75, 3.05) is 0 Å². The molecule has 13 rings (SSSR count). The molecule has 1 aliphatic heterocycles. The molecule has 0 N–H and O–H groups in total. The molecule has 60 heavy (non-hydrogen) atoms. The maximum absolute atomic E-state index is 6.13. The molecule has 0 fully saturated rings. The molecule has 0 saturated carbocycles. The molecule has 0 atom stereocenters. The Morgan fingerprint density at radius 1 is 0.400 bits per heavy atom. The highest BCUT2D eigenvalue weighted by atomic mass is 32.2. The van der Waals surface area contributed by atoms with Crippen molar-refractivity contribution < 1.29 is 4.42 Å². The van der Waals surface area contributed by atoms with Gasteiger partial charge in [0.25, 0.3) is 0 Å². The van der Waals surface area contributed by atoms with Crippen molar-refractivity contribution in [3.05, 3.63) is 188 Å². The zero-order valence-corrected chi connectivity index (χ0v) is 32.8. The van der Waals surface area contributed by atoms with Gasteiger partial charge in [-0.25, -0.2) is 15.0 Å². The van der Waals surface area contributed by atoms with Crippen molar-refractivity contribution >= 4 is 66.5 Å². The van der Waals surface area contributed by atoms with Crippen LogP contribution in [0.1, 0.15) is 0 Å². The first kappa shape index (κ1) is 33.3. The molecule has 0 bridgehead atoms. The number of hydrogen-bond acceptors (Lipinski definition) is 5. The van der Waals surface area contributed by atoms with Crippen LogP contribution in [-0.4, -0.2) is 24.1 Å². The minimum absolute atomic E-state index is 0.610. The molecule has 0 spiro atoms. The van der Waals surface area contributed by atoms with E-state index in [1.807, 2.05) is 72.4 Å². The first-order valence-electron chi connectivity index (χ1n) is 20.0. The van der Waals surface area contributed by atoms with Gasteiger partial charge in [0.1, 0.15) is 16.8 Å². The Bertz CT molecular complexity index is 3680. The molecular weight excluding hydrogens is 755 g/mol. The van der Waals surface area contributed by atoms with Gasteiger partial charge >= 0.3 is 0 Å². The highest BCUT2D eigenvalue weighted by molar-refractivity contribution is 7.99. The summed E-state index contributed by atoms with van der Waals surface area (Å²) >= 11 is 1.85. The number of fused-ring (bicyclic) bond motifs is 10. The second-order valence-electron chi connectivity index (χ2n) is 15.2. The number of furan rings is 1. The van der Waals surface area contributed by atoms with Crippen LogP contribution in [0.25, 0.3) is 111 Å². The molecule has 0 saturated heterocycles. The van der Waals surface area contributed by atoms with Crippen LogP contribution < -0.4 is 0 Å². The van der Waals surface area contributed by atoms with Crippen LogP contribution in [0.15, 0.2) is 202 Å². The number of hydrogen-bond donors (Lipinski definition) is 0. The third-order valence-corrected chi connectivity index (χ3v) is 12.9. The van der Waals surface area contributed by atoms with Crippen LogP contribution in [0.3, 0.4) is 0 Å². The summed E-state index contributed by atoms with van der Waals surface area (Å²) in [5.41, 5.74) is 12.6. The summed E-state index contributed by atoms with van der Waals surface area (Å²) in [6.07, 6.45) is 0. The molecule has 7 heteroatoms. The van der Waals surface area contributed by atoms with Crippen molar-refractivity contribution in [1.82, 2.24) is 24.1 Å². The van der Waals surface area contributed by atoms with Gasteiger partial charge in [0, 0.05) is 59.1 Å². The smallest absolute Gasteiger partial charge is 0.164 e. The Morgan fingerprint density at radius 3 is 1.85 bits per heavy atom. The minimum atomic E-state index is 0.610. The topological polar surface area (TPSA) is 61.7 Å². The van der Waals surface area contributed by atoms with Gasteiger partial charge in [0.2, 0.25) is 0 Å². The summed E-state index contributed by atoms with van der Waals surface area (Å²) in [4.78, 5) is 17.7. The van der Waals surface area contributed by atoms with E-state index in [1.54, 1.807) is 0 Å². The quantitative estimate of drug-likeness (QED) is 0.174. The fourth-order valence-corrected chi connectivity index (χ4v) is 10.1. The first-order valence-corrected chi connectivity index (χ1v) is 20.8. The van der Waals surface area contributed by atoms with Crippen LogP contribution in [0, 0.1) is 0 Å². The van der Waals surface area contributed by atoms with Gasteiger partial charge in [0.15, 0.2) is 17.5 Å². The van der Waals surface area contributed by atoms with Crippen molar-refractivity contribution in [2.24, 2.45) is 0 Å². The highest BCUT2D eigenvalue weighted by Gasteiger charge is 2.28. The number of para-hydroxylation sites is 4. The summed E-state index contributed by atoms with van der Waals surface area (Å²) in [6, 6.07) is 66.1. The van der Waals surface area contributed by atoms with E-state index in [2.05, 4.69) is 137 Å². The Kier molecular flexibility index (Phi) is 7.14. The van der Waals surface area contributed by atoms with Crippen molar-refractivity contribution in [3.8, 4) is 56.7 Å². The molecule has 12 aromatic rings. The number of rotatable bonds is 5. The van der Waals surface area contributed by atoms with E-state index in [1.165, 1.54) is 42.8 Å². The van der Waals surface area contributed by atoms with Crippen LogP contribution in [-0.2, 0) is 0 Å². The molecule has 0 unspecified atom stereocenters. The van der Waals surface area contributed by atoms with Gasteiger partial charge in [-0.1, -0.05) is 139 Å². The Labute approximate surface area is 348 Å². The highest BCUT2D eigenvalue weighted by Crippen LogP contribution is 2.49. The largest absolute Gasteiger partial charge is 0.456 e. The Balaban J connectivity index is 0.958. The number of benzene rings is 8. The van der Waals surface area contributed by atoms with E-state index in [-0.39, 0.29) is 0 Å². The van der Waals surface area contributed by atoms with Crippen LogP contribution in [0.5, 0.6) is 0 Å². The summed E-state index contributed by atoms with van der Waals surface area (Å²) in [6.45, 7) is 0. The standard InChI is InChI=1S/C53H31N5OS/c1-3-12-33(13-4-1)50-54-51(56-52(55-50)36-27-29-45-41(30-36)38-16-7-9-19-44(38)59-45)34-24-22-32(23-25-34)35-26-28-39-43(31-35)57(37-14-5-2-6-15-37)53-48(39)40-17-11-21-47-49(40)58(53)42-18-8-10-20-46(42)60-47/h1-31H. The van der Waals surface area contributed by atoms with Crippen LogP contribution in [0.4, 0.5) is 0 Å². The maximum Gasteiger partial charge on any atom is 0.164 e. The lowest BCUT2D eigenvalue weighted by Crippen LogP contribution is -2.05.